The Morgan fingerprint density at radius 1 is 1.46 bits per heavy atom. The Hall–Kier alpha value is -2.01. The fourth-order valence-electron chi connectivity index (χ4n) is 3.11. The van der Waals surface area contributed by atoms with Gasteiger partial charge in [0.25, 0.3) is 0 Å². The van der Waals surface area contributed by atoms with Gasteiger partial charge >= 0.3 is 0 Å². The van der Waals surface area contributed by atoms with Crippen molar-refractivity contribution in [2.45, 2.75) is 45.3 Å². The van der Waals surface area contributed by atoms with Gasteiger partial charge in [-0.25, -0.2) is 0 Å². The van der Waals surface area contributed by atoms with E-state index in [0.717, 1.165) is 48.5 Å². The van der Waals surface area contributed by atoms with Crippen LogP contribution in [-0.4, -0.2) is 37.9 Å². The van der Waals surface area contributed by atoms with Crippen molar-refractivity contribution in [1.82, 2.24) is 5.32 Å². The van der Waals surface area contributed by atoms with E-state index in [1.165, 1.54) is 6.08 Å². The molecule has 24 heavy (non-hydrogen) atoms. The fourth-order valence-corrected chi connectivity index (χ4v) is 3.11. The predicted molar refractivity (Wildman–Crippen MR) is 92.4 cm³/mol. The summed E-state index contributed by atoms with van der Waals surface area (Å²) in [6.45, 7) is 5.94. The third kappa shape index (κ3) is 4.09. The highest BCUT2D eigenvalue weighted by Gasteiger charge is 2.21. The molecular formula is C19H25NO4. The Balaban J connectivity index is 1.66. The molecular weight excluding hydrogens is 306 g/mol. The normalized spacial score (nSPS) is 22.4. The van der Waals surface area contributed by atoms with Crippen LogP contribution in [0, 0.1) is 0 Å². The Bertz CT molecular complexity index is 620. The molecule has 1 N–H and O–H groups in total. The summed E-state index contributed by atoms with van der Waals surface area (Å²) in [5, 5.41) is 2.88. The number of hydrogen-bond acceptors (Lipinski definition) is 4. The minimum Gasteiger partial charge on any atom is -0.493 e. The molecule has 0 aliphatic carbocycles. The molecule has 2 aliphatic heterocycles. The maximum absolute atomic E-state index is 12.0. The zero-order valence-electron chi connectivity index (χ0n) is 14.3. The molecule has 1 amide bonds. The number of carbonyl (C=O) groups is 1. The first kappa shape index (κ1) is 16.8. The largest absolute Gasteiger partial charge is 0.493 e. The van der Waals surface area contributed by atoms with Gasteiger partial charge in [0.05, 0.1) is 12.7 Å². The third-order valence-electron chi connectivity index (χ3n) is 4.27. The van der Waals surface area contributed by atoms with Gasteiger partial charge in [0, 0.05) is 36.8 Å². The first-order valence-corrected chi connectivity index (χ1v) is 8.69. The maximum atomic E-state index is 12.0. The second-order valence-corrected chi connectivity index (χ2v) is 6.28. The van der Waals surface area contributed by atoms with Gasteiger partial charge in [-0.3, -0.25) is 4.79 Å². The Morgan fingerprint density at radius 2 is 2.33 bits per heavy atom. The molecule has 5 nitrogen and oxygen atoms in total. The minimum atomic E-state index is -0.122. The lowest BCUT2D eigenvalue weighted by molar-refractivity contribution is -0.116. The summed E-state index contributed by atoms with van der Waals surface area (Å²) in [4.78, 5) is 12.0. The van der Waals surface area contributed by atoms with E-state index in [4.69, 9.17) is 14.2 Å². The molecule has 2 heterocycles. The zero-order valence-corrected chi connectivity index (χ0v) is 14.3. The summed E-state index contributed by atoms with van der Waals surface area (Å²) >= 11 is 0. The molecule has 0 radical (unpaired) electrons. The fraction of sp³-hybridized carbons (Fsp3) is 0.526. The molecule has 2 unspecified atom stereocenters. The topological polar surface area (TPSA) is 56.8 Å². The highest BCUT2D eigenvalue weighted by molar-refractivity contribution is 5.92. The second kappa shape index (κ2) is 7.71. The molecule has 1 aromatic carbocycles. The van der Waals surface area contributed by atoms with Crippen molar-refractivity contribution >= 4 is 12.0 Å². The Morgan fingerprint density at radius 3 is 3.08 bits per heavy atom. The lowest BCUT2D eigenvalue weighted by Gasteiger charge is -2.11. The second-order valence-electron chi connectivity index (χ2n) is 6.28. The van der Waals surface area contributed by atoms with Crippen LogP contribution >= 0.6 is 0 Å². The van der Waals surface area contributed by atoms with E-state index in [0.29, 0.717) is 13.2 Å². The summed E-state index contributed by atoms with van der Waals surface area (Å²) in [7, 11) is 0. The molecule has 1 aromatic rings. The van der Waals surface area contributed by atoms with Crippen molar-refractivity contribution in [3.63, 3.8) is 0 Å². The van der Waals surface area contributed by atoms with E-state index in [1.807, 2.05) is 19.1 Å². The Kier molecular flexibility index (Phi) is 5.41. The van der Waals surface area contributed by atoms with E-state index in [1.54, 1.807) is 6.08 Å². The number of amides is 1. The van der Waals surface area contributed by atoms with Crippen molar-refractivity contribution in [3.8, 4) is 11.5 Å². The van der Waals surface area contributed by atoms with E-state index in [-0.39, 0.29) is 18.1 Å². The minimum absolute atomic E-state index is 0.122. The summed E-state index contributed by atoms with van der Waals surface area (Å²) in [5.41, 5.74) is 2.02. The SMILES string of the molecule is CCOc1cc2c(cc1C=CC(=O)NCC1CCCO1)OC(C)C2. The highest BCUT2D eigenvalue weighted by atomic mass is 16.5. The number of ether oxygens (including phenoxy) is 3. The van der Waals surface area contributed by atoms with E-state index in [2.05, 4.69) is 12.2 Å². The van der Waals surface area contributed by atoms with E-state index < -0.39 is 0 Å². The number of rotatable bonds is 6. The number of hydrogen-bond donors (Lipinski definition) is 1. The summed E-state index contributed by atoms with van der Waals surface area (Å²) in [6, 6.07) is 3.97. The summed E-state index contributed by atoms with van der Waals surface area (Å²) < 4.78 is 17.0. The van der Waals surface area contributed by atoms with Crippen LogP contribution in [-0.2, 0) is 16.0 Å². The number of carbonyl (C=O) groups excluding carboxylic acids is 1. The number of benzene rings is 1. The number of fused-ring (bicyclic) bond motifs is 1. The quantitative estimate of drug-likeness (QED) is 0.814. The van der Waals surface area contributed by atoms with Gasteiger partial charge in [0.15, 0.2) is 0 Å². The molecule has 5 heteroatoms. The molecule has 2 atom stereocenters. The van der Waals surface area contributed by atoms with Crippen molar-refractivity contribution in [1.29, 1.82) is 0 Å². The van der Waals surface area contributed by atoms with Gasteiger partial charge in [-0.2, -0.15) is 0 Å². The zero-order chi connectivity index (χ0) is 16.9. The van der Waals surface area contributed by atoms with Crippen molar-refractivity contribution in [3.05, 3.63) is 29.3 Å². The maximum Gasteiger partial charge on any atom is 0.244 e. The lowest BCUT2D eigenvalue weighted by atomic mass is 10.1. The predicted octanol–water partition coefficient (Wildman–Crippen LogP) is 2.72. The van der Waals surface area contributed by atoms with Crippen LogP contribution in [0.3, 0.4) is 0 Å². The highest BCUT2D eigenvalue weighted by Crippen LogP contribution is 2.35. The van der Waals surface area contributed by atoms with Crippen LogP contribution in [0.25, 0.3) is 6.08 Å². The average Bonchev–Trinajstić information content (AvgIpc) is 3.19. The van der Waals surface area contributed by atoms with Gasteiger partial charge in [-0.1, -0.05) is 0 Å². The molecule has 3 rings (SSSR count). The third-order valence-corrected chi connectivity index (χ3v) is 4.27. The first-order valence-electron chi connectivity index (χ1n) is 8.69. The van der Waals surface area contributed by atoms with Gasteiger partial charge in [-0.05, 0) is 44.9 Å². The lowest BCUT2D eigenvalue weighted by Crippen LogP contribution is -2.30. The summed E-state index contributed by atoms with van der Waals surface area (Å²) in [5.74, 6) is 1.55. The molecule has 0 spiro atoms. The molecule has 2 aliphatic rings. The van der Waals surface area contributed by atoms with Crippen molar-refractivity contribution in [2.24, 2.45) is 0 Å². The molecule has 130 valence electrons. The van der Waals surface area contributed by atoms with Gasteiger partial charge in [0.1, 0.15) is 17.6 Å². The monoisotopic (exact) mass is 331 g/mol. The van der Waals surface area contributed by atoms with Gasteiger partial charge in [-0.15, -0.1) is 0 Å². The Labute approximate surface area is 143 Å². The first-order chi connectivity index (χ1) is 11.7. The smallest absolute Gasteiger partial charge is 0.244 e. The summed E-state index contributed by atoms with van der Waals surface area (Å²) in [6.07, 6.45) is 6.63. The molecule has 0 aromatic heterocycles. The standard InChI is InChI=1S/C19H25NO4/c1-3-22-17-11-15-9-13(2)24-18(15)10-14(17)6-7-19(21)20-12-16-5-4-8-23-16/h6-7,10-11,13,16H,3-5,8-9,12H2,1-2H3,(H,20,21). The van der Waals surface area contributed by atoms with Crippen molar-refractivity contribution < 1.29 is 19.0 Å². The van der Waals surface area contributed by atoms with Crippen LogP contribution in [0.5, 0.6) is 11.5 Å². The van der Waals surface area contributed by atoms with E-state index >= 15 is 0 Å². The van der Waals surface area contributed by atoms with Crippen molar-refractivity contribution in [2.75, 3.05) is 19.8 Å². The van der Waals surface area contributed by atoms with Crippen LogP contribution in [0.15, 0.2) is 18.2 Å². The van der Waals surface area contributed by atoms with Crippen LogP contribution in [0.1, 0.15) is 37.8 Å². The van der Waals surface area contributed by atoms with Gasteiger partial charge in [0.2, 0.25) is 5.91 Å². The van der Waals surface area contributed by atoms with Gasteiger partial charge < -0.3 is 19.5 Å². The molecule has 1 saturated heterocycles. The molecule has 0 bridgehead atoms. The molecule has 0 saturated carbocycles. The van der Waals surface area contributed by atoms with Crippen LogP contribution < -0.4 is 14.8 Å². The van der Waals surface area contributed by atoms with E-state index in [9.17, 15) is 4.79 Å². The van der Waals surface area contributed by atoms with Crippen LogP contribution in [0.4, 0.5) is 0 Å². The van der Waals surface area contributed by atoms with Crippen LogP contribution in [0.2, 0.25) is 0 Å². The number of nitrogens with one attached hydrogen (secondary N) is 1. The average molecular weight is 331 g/mol. The molecule has 1 fully saturated rings.